The summed E-state index contributed by atoms with van der Waals surface area (Å²) in [4.78, 5) is 2.26. The van der Waals surface area contributed by atoms with E-state index in [9.17, 15) is 0 Å². The average Bonchev–Trinajstić information content (AvgIpc) is 2.47. The molecule has 0 amide bonds. The van der Waals surface area contributed by atoms with Crippen LogP contribution in [-0.2, 0) is 13.0 Å². The molecule has 0 aliphatic rings. The van der Waals surface area contributed by atoms with Gasteiger partial charge in [0.2, 0.25) is 0 Å². The Bertz CT molecular complexity index is 520. The second-order valence-corrected chi connectivity index (χ2v) is 5.09. The summed E-state index contributed by atoms with van der Waals surface area (Å²) in [7, 11) is 0.706. The molecule has 0 bridgehead atoms. The molecule has 0 unspecified atom stereocenters. The van der Waals surface area contributed by atoms with E-state index in [0.29, 0.717) is 5.46 Å². The van der Waals surface area contributed by atoms with Gasteiger partial charge in [0.05, 0.1) is 0 Å². The fourth-order valence-corrected chi connectivity index (χ4v) is 2.15. The predicted molar refractivity (Wildman–Crippen MR) is 90.0 cm³/mol. The molecule has 0 aromatic heterocycles. The summed E-state index contributed by atoms with van der Waals surface area (Å²) in [6.07, 6.45) is 1.03. The van der Waals surface area contributed by atoms with Crippen LogP contribution in [0.25, 0.3) is 0 Å². The summed E-state index contributed by atoms with van der Waals surface area (Å²) in [5, 5.41) is 18.1. The van der Waals surface area contributed by atoms with Crippen LogP contribution in [0.15, 0.2) is 54.6 Å². The Morgan fingerprint density at radius 2 is 1.52 bits per heavy atom. The largest absolute Gasteiger partial charge is 0.488 e. The van der Waals surface area contributed by atoms with E-state index in [1.54, 1.807) is 12.1 Å². The number of benzene rings is 2. The van der Waals surface area contributed by atoms with E-state index >= 15 is 0 Å². The van der Waals surface area contributed by atoms with Gasteiger partial charge in [-0.1, -0.05) is 54.6 Å². The topological polar surface area (TPSA) is 43.7 Å². The van der Waals surface area contributed by atoms with Crippen molar-refractivity contribution in [3.8, 4) is 0 Å². The highest BCUT2D eigenvalue weighted by molar-refractivity contribution is 6.58. The third-order valence-corrected chi connectivity index (χ3v) is 3.36. The van der Waals surface area contributed by atoms with E-state index < -0.39 is 7.12 Å². The van der Waals surface area contributed by atoms with Crippen LogP contribution in [0.2, 0.25) is 0 Å². The fraction of sp³-hybridized carbons (Fsp3) is 0.250. The van der Waals surface area contributed by atoms with Crippen LogP contribution in [-0.4, -0.2) is 35.7 Å². The first-order chi connectivity index (χ1) is 9.65. The van der Waals surface area contributed by atoms with Crippen molar-refractivity contribution in [2.24, 2.45) is 0 Å². The molecule has 0 aliphatic carbocycles. The fourth-order valence-electron chi connectivity index (χ4n) is 2.15. The minimum Gasteiger partial charge on any atom is -0.423 e. The maximum Gasteiger partial charge on any atom is 0.488 e. The van der Waals surface area contributed by atoms with E-state index in [1.165, 1.54) is 11.1 Å². The van der Waals surface area contributed by atoms with E-state index in [1.807, 2.05) is 18.2 Å². The third-order valence-electron chi connectivity index (χ3n) is 3.36. The van der Waals surface area contributed by atoms with Gasteiger partial charge < -0.3 is 14.9 Å². The smallest absolute Gasteiger partial charge is 0.423 e. The second-order valence-electron chi connectivity index (χ2n) is 5.09. The van der Waals surface area contributed by atoms with Crippen molar-refractivity contribution in [2.45, 2.75) is 13.0 Å². The van der Waals surface area contributed by atoms with Crippen LogP contribution in [0, 0.1) is 0 Å². The molecule has 0 aliphatic heterocycles. The SMILES string of the molecule is CN(CCc1ccccc1)Cc1ccc(B(O)O)cc1.Cl. The molecule has 3 nitrogen and oxygen atoms in total. The van der Waals surface area contributed by atoms with Crippen molar-refractivity contribution < 1.29 is 10.0 Å². The molecule has 2 N–H and O–H groups in total. The van der Waals surface area contributed by atoms with Gasteiger partial charge in [-0.15, -0.1) is 12.4 Å². The Hall–Kier alpha value is -1.33. The monoisotopic (exact) mass is 305 g/mol. The quantitative estimate of drug-likeness (QED) is 0.794. The van der Waals surface area contributed by atoms with Gasteiger partial charge in [-0.2, -0.15) is 0 Å². The molecule has 5 heteroatoms. The van der Waals surface area contributed by atoms with E-state index in [2.05, 4.69) is 36.2 Å². The molecular weight excluding hydrogens is 284 g/mol. The van der Waals surface area contributed by atoms with Crippen LogP contribution < -0.4 is 5.46 Å². The number of hydrogen-bond acceptors (Lipinski definition) is 3. The predicted octanol–water partition coefficient (Wildman–Crippen LogP) is 1.46. The van der Waals surface area contributed by atoms with Gasteiger partial charge in [-0.25, -0.2) is 0 Å². The van der Waals surface area contributed by atoms with Gasteiger partial charge >= 0.3 is 7.12 Å². The van der Waals surface area contributed by atoms with Gasteiger partial charge in [0.25, 0.3) is 0 Å². The number of hydrogen-bond donors (Lipinski definition) is 2. The molecule has 0 radical (unpaired) electrons. The molecule has 2 aromatic carbocycles. The zero-order chi connectivity index (χ0) is 14.4. The van der Waals surface area contributed by atoms with Crippen LogP contribution in [0.1, 0.15) is 11.1 Å². The van der Waals surface area contributed by atoms with Gasteiger partial charge in [0, 0.05) is 13.1 Å². The molecule has 0 saturated carbocycles. The first-order valence-electron chi connectivity index (χ1n) is 6.82. The summed E-state index contributed by atoms with van der Waals surface area (Å²) in [6.45, 7) is 1.85. The summed E-state index contributed by atoms with van der Waals surface area (Å²) < 4.78 is 0. The first-order valence-corrected chi connectivity index (χ1v) is 6.82. The maximum atomic E-state index is 9.05. The molecule has 21 heavy (non-hydrogen) atoms. The Labute approximate surface area is 132 Å². The van der Waals surface area contributed by atoms with E-state index in [4.69, 9.17) is 10.0 Å². The lowest BCUT2D eigenvalue weighted by Gasteiger charge is -2.17. The van der Waals surface area contributed by atoms with Crippen LogP contribution in [0.5, 0.6) is 0 Å². The number of nitrogens with zero attached hydrogens (tertiary/aromatic N) is 1. The second kappa shape index (κ2) is 8.85. The van der Waals surface area contributed by atoms with Crippen molar-refractivity contribution in [3.63, 3.8) is 0 Å². The average molecular weight is 306 g/mol. The summed E-state index contributed by atoms with van der Waals surface area (Å²) >= 11 is 0. The van der Waals surface area contributed by atoms with Crippen molar-refractivity contribution in [2.75, 3.05) is 13.6 Å². The zero-order valence-corrected chi connectivity index (χ0v) is 13.0. The lowest BCUT2D eigenvalue weighted by Crippen LogP contribution is -2.29. The Morgan fingerprint density at radius 3 is 2.10 bits per heavy atom. The third kappa shape index (κ3) is 5.90. The molecular formula is C16H21BClNO2. The maximum absolute atomic E-state index is 9.05. The highest BCUT2D eigenvalue weighted by Gasteiger charge is 2.10. The highest BCUT2D eigenvalue weighted by Crippen LogP contribution is 2.05. The lowest BCUT2D eigenvalue weighted by atomic mass is 9.80. The van der Waals surface area contributed by atoms with Crippen molar-refractivity contribution in [3.05, 3.63) is 65.7 Å². The standard InChI is InChI=1S/C16H20BNO2.ClH/c1-18(12-11-14-5-3-2-4-6-14)13-15-7-9-16(10-8-15)17(19)20;/h2-10,19-20H,11-13H2,1H3;1H. The summed E-state index contributed by atoms with van der Waals surface area (Å²) in [5.74, 6) is 0. The molecule has 0 atom stereocenters. The minimum atomic E-state index is -1.39. The van der Waals surface area contributed by atoms with Crippen molar-refractivity contribution in [1.29, 1.82) is 0 Å². The van der Waals surface area contributed by atoms with Gasteiger partial charge in [-0.05, 0) is 30.1 Å². The molecule has 0 spiro atoms. The molecule has 0 heterocycles. The number of rotatable bonds is 6. The molecule has 0 fully saturated rings. The molecule has 2 rings (SSSR count). The molecule has 2 aromatic rings. The number of likely N-dealkylation sites (N-methyl/N-ethyl adjacent to an activating group) is 1. The van der Waals surface area contributed by atoms with Crippen molar-refractivity contribution >= 4 is 25.0 Å². The number of halogens is 1. The Morgan fingerprint density at radius 1 is 0.905 bits per heavy atom. The molecule has 0 saturated heterocycles. The van der Waals surface area contributed by atoms with Crippen molar-refractivity contribution in [1.82, 2.24) is 4.90 Å². The van der Waals surface area contributed by atoms with Gasteiger partial charge in [0.15, 0.2) is 0 Å². The normalized spacial score (nSPS) is 10.3. The molecule has 112 valence electrons. The van der Waals surface area contributed by atoms with Crippen LogP contribution in [0.3, 0.4) is 0 Å². The van der Waals surface area contributed by atoms with Gasteiger partial charge in [-0.3, -0.25) is 0 Å². The summed E-state index contributed by atoms with van der Waals surface area (Å²) in [5.41, 5.74) is 3.05. The van der Waals surface area contributed by atoms with E-state index in [-0.39, 0.29) is 12.4 Å². The lowest BCUT2D eigenvalue weighted by molar-refractivity contribution is 0.331. The van der Waals surface area contributed by atoms with E-state index in [0.717, 1.165) is 19.5 Å². The zero-order valence-electron chi connectivity index (χ0n) is 12.1. The van der Waals surface area contributed by atoms with Crippen LogP contribution in [0.4, 0.5) is 0 Å². The summed E-state index contributed by atoms with van der Waals surface area (Å²) in [6, 6.07) is 17.8. The van der Waals surface area contributed by atoms with Crippen LogP contribution >= 0.6 is 12.4 Å². The Kier molecular flexibility index (Phi) is 7.47. The van der Waals surface area contributed by atoms with Gasteiger partial charge in [0.1, 0.15) is 0 Å². The first kappa shape index (κ1) is 17.7. The highest BCUT2D eigenvalue weighted by atomic mass is 35.5. The Balaban J connectivity index is 0.00000220. The minimum absolute atomic E-state index is 0.